The Labute approximate surface area is 158 Å². The summed E-state index contributed by atoms with van der Waals surface area (Å²) in [5.41, 5.74) is 2.33. The fourth-order valence-corrected chi connectivity index (χ4v) is 2.84. The van der Waals surface area contributed by atoms with Gasteiger partial charge < -0.3 is 14.4 Å². The first-order chi connectivity index (χ1) is 12.2. The molecule has 0 aliphatic rings. The number of anilines is 1. The fourth-order valence-electron chi connectivity index (χ4n) is 2.43. The smallest absolute Gasteiger partial charge is 0.337 e. The maximum Gasteiger partial charge on any atom is 0.337 e. The number of benzene rings is 2. The van der Waals surface area contributed by atoms with E-state index in [9.17, 15) is 4.79 Å². The van der Waals surface area contributed by atoms with Gasteiger partial charge in [0, 0.05) is 24.8 Å². The molecular weight excluding hydrogens is 361 g/mol. The van der Waals surface area contributed by atoms with Crippen molar-refractivity contribution in [2.75, 3.05) is 36.9 Å². The highest BCUT2D eigenvalue weighted by Gasteiger charge is 2.16. The van der Waals surface area contributed by atoms with E-state index in [1.165, 1.54) is 7.11 Å². The van der Waals surface area contributed by atoms with Gasteiger partial charge in [0.1, 0.15) is 12.4 Å². The molecule has 2 aromatic rings. The number of nitrogens with zero attached hydrogens (tertiary/aromatic N) is 1. The molecule has 0 saturated heterocycles. The van der Waals surface area contributed by atoms with Crippen molar-refractivity contribution < 1.29 is 14.3 Å². The molecule has 2 aromatic carbocycles. The highest BCUT2D eigenvalue weighted by atomic mass is 35.5. The molecular formula is C19H21Cl2NO3. The Bertz CT molecular complexity index is 674. The zero-order valence-corrected chi connectivity index (χ0v) is 15.6. The summed E-state index contributed by atoms with van der Waals surface area (Å²) < 4.78 is 10.8. The number of ether oxygens (including phenoxy) is 2. The lowest BCUT2D eigenvalue weighted by molar-refractivity contribution is 0.0600. The number of carbonyl (C=O) groups is 1. The van der Waals surface area contributed by atoms with Crippen LogP contribution in [0.3, 0.4) is 0 Å². The van der Waals surface area contributed by atoms with Crippen LogP contribution in [-0.2, 0) is 11.3 Å². The van der Waals surface area contributed by atoms with Crippen molar-refractivity contribution in [3.63, 3.8) is 0 Å². The standard InChI is InChI=1S/C19H21Cl2NO3/c1-24-19(23)16-7-8-17(22(11-9-20)12-10-21)18(13-16)25-14-15-5-3-2-4-6-15/h2-8,13H,9-12,14H2,1H3. The molecule has 134 valence electrons. The number of esters is 1. The van der Waals surface area contributed by atoms with Crippen molar-refractivity contribution in [2.45, 2.75) is 6.61 Å². The van der Waals surface area contributed by atoms with Gasteiger partial charge in [0.15, 0.2) is 0 Å². The second-order valence-corrected chi connectivity index (χ2v) is 6.07. The molecule has 0 bridgehead atoms. The van der Waals surface area contributed by atoms with E-state index in [2.05, 4.69) is 0 Å². The van der Waals surface area contributed by atoms with Gasteiger partial charge in [-0.1, -0.05) is 30.3 Å². The minimum Gasteiger partial charge on any atom is -0.487 e. The number of methoxy groups -OCH3 is 1. The molecule has 0 aliphatic carbocycles. The maximum absolute atomic E-state index is 11.8. The Morgan fingerprint density at radius 1 is 1.04 bits per heavy atom. The van der Waals surface area contributed by atoms with E-state index in [-0.39, 0.29) is 0 Å². The Hall–Kier alpha value is -1.91. The number of alkyl halides is 2. The van der Waals surface area contributed by atoms with E-state index in [0.29, 0.717) is 42.8 Å². The first-order valence-electron chi connectivity index (χ1n) is 7.95. The van der Waals surface area contributed by atoms with Crippen molar-refractivity contribution in [1.29, 1.82) is 0 Å². The van der Waals surface area contributed by atoms with Gasteiger partial charge in [-0.15, -0.1) is 23.2 Å². The second kappa shape index (κ2) is 10.2. The molecule has 0 aliphatic heterocycles. The quantitative estimate of drug-likeness (QED) is 0.478. The normalized spacial score (nSPS) is 10.4. The Morgan fingerprint density at radius 3 is 2.32 bits per heavy atom. The fraction of sp³-hybridized carbons (Fsp3) is 0.316. The summed E-state index contributed by atoms with van der Waals surface area (Å²) >= 11 is 11.8. The maximum atomic E-state index is 11.8. The number of rotatable bonds is 9. The van der Waals surface area contributed by atoms with Crippen LogP contribution in [0.15, 0.2) is 48.5 Å². The lowest BCUT2D eigenvalue weighted by atomic mass is 10.1. The van der Waals surface area contributed by atoms with Gasteiger partial charge in [-0.3, -0.25) is 0 Å². The van der Waals surface area contributed by atoms with E-state index in [1.807, 2.05) is 41.3 Å². The van der Waals surface area contributed by atoms with Crippen LogP contribution in [0.5, 0.6) is 5.75 Å². The Morgan fingerprint density at radius 2 is 1.72 bits per heavy atom. The third kappa shape index (κ3) is 5.55. The summed E-state index contributed by atoms with van der Waals surface area (Å²) in [4.78, 5) is 13.9. The van der Waals surface area contributed by atoms with Crippen LogP contribution in [0, 0.1) is 0 Å². The number of halogens is 2. The molecule has 0 amide bonds. The lowest BCUT2D eigenvalue weighted by Gasteiger charge is -2.25. The van der Waals surface area contributed by atoms with Crippen LogP contribution in [-0.4, -0.2) is 37.9 Å². The summed E-state index contributed by atoms with van der Waals surface area (Å²) in [6, 6.07) is 15.1. The van der Waals surface area contributed by atoms with Gasteiger partial charge >= 0.3 is 5.97 Å². The molecule has 0 heterocycles. The molecule has 0 atom stereocenters. The molecule has 0 spiro atoms. The van der Waals surface area contributed by atoms with Crippen LogP contribution >= 0.6 is 23.2 Å². The predicted molar refractivity (Wildman–Crippen MR) is 102 cm³/mol. The van der Waals surface area contributed by atoms with Crippen LogP contribution in [0.4, 0.5) is 5.69 Å². The van der Waals surface area contributed by atoms with E-state index in [1.54, 1.807) is 12.1 Å². The average Bonchev–Trinajstić information content (AvgIpc) is 2.66. The van der Waals surface area contributed by atoms with Crippen molar-refractivity contribution in [2.24, 2.45) is 0 Å². The van der Waals surface area contributed by atoms with Crippen LogP contribution in [0.25, 0.3) is 0 Å². The van der Waals surface area contributed by atoms with Crippen LogP contribution in [0.1, 0.15) is 15.9 Å². The SMILES string of the molecule is COC(=O)c1ccc(N(CCCl)CCCl)c(OCc2ccccc2)c1. The number of carbonyl (C=O) groups excluding carboxylic acids is 1. The van der Waals surface area contributed by atoms with Crippen LogP contribution < -0.4 is 9.64 Å². The first-order valence-corrected chi connectivity index (χ1v) is 9.02. The lowest BCUT2D eigenvalue weighted by Crippen LogP contribution is -2.28. The summed E-state index contributed by atoms with van der Waals surface area (Å²) in [7, 11) is 1.36. The zero-order valence-electron chi connectivity index (χ0n) is 14.1. The van der Waals surface area contributed by atoms with E-state index in [4.69, 9.17) is 32.7 Å². The van der Waals surface area contributed by atoms with Gasteiger partial charge in [0.05, 0.1) is 18.4 Å². The molecule has 0 fully saturated rings. The Kier molecular flexibility index (Phi) is 7.89. The van der Waals surface area contributed by atoms with Crippen LogP contribution in [0.2, 0.25) is 0 Å². The van der Waals surface area contributed by atoms with E-state index < -0.39 is 5.97 Å². The molecule has 25 heavy (non-hydrogen) atoms. The monoisotopic (exact) mass is 381 g/mol. The molecule has 0 aromatic heterocycles. The Balaban J connectivity index is 2.31. The van der Waals surface area contributed by atoms with E-state index in [0.717, 1.165) is 11.3 Å². The van der Waals surface area contributed by atoms with Gasteiger partial charge in [-0.25, -0.2) is 4.79 Å². The van der Waals surface area contributed by atoms with Gasteiger partial charge in [-0.05, 0) is 23.8 Å². The topological polar surface area (TPSA) is 38.8 Å². The number of hydrogen-bond donors (Lipinski definition) is 0. The van der Waals surface area contributed by atoms with E-state index >= 15 is 0 Å². The predicted octanol–water partition coefficient (Wildman–Crippen LogP) is 4.34. The van der Waals surface area contributed by atoms with Gasteiger partial charge in [0.25, 0.3) is 0 Å². The summed E-state index contributed by atoms with van der Waals surface area (Å²) in [6.07, 6.45) is 0. The molecule has 0 N–H and O–H groups in total. The zero-order chi connectivity index (χ0) is 18.1. The first kappa shape index (κ1) is 19.4. The number of hydrogen-bond acceptors (Lipinski definition) is 4. The molecule has 0 unspecified atom stereocenters. The van der Waals surface area contributed by atoms with Crippen molar-refractivity contribution in [3.05, 3.63) is 59.7 Å². The third-order valence-corrected chi connectivity index (χ3v) is 4.01. The summed E-state index contributed by atoms with van der Waals surface area (Å²) in [6.45, 7) is 1.66. The largest absolute Gasteiger partial charge is 0.487 e. The van der Waals surface area contributed by atoms with Gasteiger partial charge in [-0.2, -0.15) is 0 Å². The van der Waals surface area contributed by atoms with Crippen molar-refractivity contribution in [1.82, 2.24) is 0 Å². The molecule has 4 nitrogen and oxygen atoms in total. The minimum atomic E-state index is -0.405. The summed E-state index contributed by atoms with van der Waals surface area (Å²) in [5, 5.41) is 0. The molecule has 0 saturated carbocycles. The average molecular weight is 382 g/mol. The highest BCUT2D eigenvalue weighted by molar-refractivity contribution is 6.18. The summed E-state index contributed by atoms with van der Waals surface area (Å²) in [5.74, 6) is 1.13. The molecule has 0 radical (unpaired) electrons. The molecule has 2 rings (SSSR count). The second-order valence-electron chi connectivity index (χ2n) is 5.31. The molecule has 6 heteroatoms. The van der Waals surface area contributed by atoms with Crippen molar-refractivity contribution >= 4 is 34.9 Å². The van der Waals surface area contributed by atoms with Gasteiger partial charge in [0.2, 0.25) is 0 Å². The highest BCUT2D eigenvalue weighted by Crippen LogP contribution is 2.31. The third-order valence-electron chi connectivity index (χ3n) is 3.67. The minimum absolute atomic E-state index is 0.397. The van der Waals surface area contributed by atoms with Crippen molar-refractivity contribution in [3.8, 4) is 5.75 Å².